The predicted octanol–water partition coefficient (Wildman–Crippen LogP) is 4.32. The van der Waals surface area contributed by atoms with Crippen LogP contribution in [0.1, 0.15) is 35.8 Å². The van der Waals surface area contributed by atoms with Crippen molar-refractivity contribution in [2.24, 2.45) is 0 Å². The molecule has 0 radical (unpaired) electrons. The minimum atomic E-state index is -0.140. The molecule has 116 valence electrons. The van der Waals surface area contributed by atoms with Crippen LogP contribution in [0.25, 0.3) is 0 Å². The Hall–Kier alpha value is -2.07. The minimum Gasteiger partial charge on any atom is -0.354 e. The zero-order chi connectivity index (χ0) is 15.9. The van der Waals surface area contributed by atoms with E-state index in [1.54, 1.807) is 12.3 Å². The number of amides is 1. The summed E-state index contributed by atoms with van der Waals surface area (Å²) in [6.07, 6.45) is 3.67. The van der Waals surface area contributed by atoms with Crippen molar-refractivity contribution < 1.29 is 4.79 Å². The highest BCUT2D eigenvalue weighted by Gasteiger charge is 2.07. The number of rotatable bonds is 6. The molecule has 0 saturated heterocycles. The van der Waals surface area contributed by atoms with E-state index < -0.39 is 0 Å². The predicted molar refractivity (Wildman–Crippen MR) is 90.9 cm³/mol. The Kier molecular flexibility index (Phi) is 5.78. The summed E-state index contributed by atoms with van der Waals surface area (Å²) in [6, 6.07) is 9.24. The van der Waals surface area contributed by atoms with Gasteiger partial charge in [-0.25, -0.2) is 4.98 Å². The number of hydrogen-bond acceptors (Lipinski definition) is 3. The van der Waals surface area contributed by atoms with Crippen molar-refractivity contribution in [3.05, 3.63) is 52.8 Å². The van der Waals surface area contributed by atoms with E-state index in [1.165, 1.54) is 0 Å². The van der Waals surface area contributed by atoms with Crippen molar-refractivity contribution in [1.29, 1.82) is 0 Å². The number of carbonyl (C=O) groups is 1. The highest BCUT2D eigenvalue weighted by molar-refractivity contribution is 6.31. The highest BCUT2D eigenvalue weighted by Crippen LogP contribution is 2.25. The van der Waals surface area contributed by atoms with Crippen molar-refractivity contribution in [2.75, 3.05) is 11.9 Å². The van der Waals surface area contributed by atoms with Crippen LogP contribution in [0.3, 0.4) is 0 Å². The summed E-state index contributed by atoms with van der Waals surface area (Å²) in [5, 5.41) is 6.81. The molecule has 1 amide bonds. The Morgan fingerprint density at radius 2 is 2.09 bits per heavy atom. The number of benzene rings is 1. The molecule has 0 saturated carbocycles. The van der Waals surface area contributed by atoms with Crippen LogP contribution in [0.4, 0.5) is 11.4 Å². The maximum atomic E-state index is 11.9. The van der Waals surface area contributed by atoms with Crippen molar-refractivity contribution in [3.63, 3.8) is 0 Å². The van der Waals surface area contributed by atoms with Gasteiger partial charge in [-0.1, -0.05) is 31.0 Å². The molecule has 0 aliphatic carbocycles. The zero-order valence-electron chi connectivity index (χ0n) is 12.8. The van der Waals surface area contributed by atoms with Gasteiger partial charge in [-0.05, 0) is 43.2 Å². The highest BCUT2D eigenvalue weighted by atomic mass is 35.5. The first kappa shape index (κ1) is 16.3. The van der Waals surface area contributed by atoms with Crippen LogP contribution in [0, 0.1) is 6.92 Å². The van der Waals surface area contributed by atoms with Gasteiger partial charge in [0.2, 0.25) is 0 Å². The van der Waals surface area contributed by atoms with Crippen molar-refractivity contribution in [3.8, 4) is 0 Å². The second-order valence-electron chi connectivity index (χ2n) is 5.08. The van der Waals surface area contributed by atoms with E-state index in [2.05, 4.69) is 22.5 Å². The average molecular weight is 318 g/mol. The monoisotopic (exact) mass is 317 g/mol. The van der Waals surface area contributed by atoms with Crippen LogP contribution in [-0.2, 0) is 0 Å². The lowest BCUT2D eigenvalue weighted by molar-refractivity contribution is 0.0948. The number of anilines is 2. The third-order valence-electron chi connectivity index (χ3n) is 3.36. The molecule has 1 aromatic carbocycles. The molecule has 5 heteroatoms. The summed E-state index contributed by atoms with van der Waals surface area (Å²) in [7, 11) is 0. The second kappa shape index (κ2) is 7.80. The number of aromatic nitrogens is 1. The summed E-state index contributed by atoms with van der Waals surface area (Å²) < 4.78 is 0. The average Bonchev–Trinajstić information content (AvgIpc) is 2.53. The van der Waals surface area contributed by atoms with Gasteiger partial charge >= 0.3 is 0 Å². The van der Waals surface area contributed by atoms with Crippen molar-refractivity contribution in [2.45, 2.75) is 26.7 Å². The van der Waals surface area contributed by atoms with E-state index in [0.717, 1.165) is 29.8 Å². The molecule has 0 atom stereocenters. The molecule has 2 aromatic rings. The number of halogens is 1. The summed E-state index contributed by atoms with van der Waals surface area (Å²) in [4.78, 5) is 16.1. The van der Waals surface area contributed by atoms with Crippen LogP contribution in [-0.4, -0.2) is 17.4 Å². The molecule has 22 heavy (non-hydrogen) atoms. The van der Waals surface area contributed by atoms with Gasteiger partial charge in [0.05, 0.1) is 11.9 Å². The van der Waals surface area contributed by atoms with E-state index in [0.29, 0.717) is 17.3 Å². The lowest BCUT2D eigenvalue weighted by atomic mass is 10.2. The summed E-state index contributed by atoms with van der Waals surface area (Å²) in [6.45, 7) is 4.72. The standard InChI is InChI=1S/C17H20ClN3O/c1-3-4-10-19-17(22)16-9-8-13(11-20-16)21-15-7-5-6-14(18)12(15)2/h5-9,11,21H,3-4,10H2,1-2H3,(H,19,22). The molecule has 0 unspecified atom stereocenters. The molecule has 0 aliphatic heterocycles. The van der Waals surface area contributed by atoms with Crippen LogP contribution in [0.5, 0.6) is 0 Å². The molecule has 1 heterocycles. The minimum absolute atomic E-state index is 0.140. The lowest BCUT2D eigenvalue weighted by Crippen LogP contribution is -2.25. The number of unbranched alkanes of at least 4 members (excludes halogenated alkanes) is 1. The molecule has 2 N–H and O–H groups in total. The number of carbonyl (C=O) groups excluding carboxylic acids is 1. The molecule has 4 nitrogen and oxygen atoms in total. The summed E-state index contributed by atoms with van der Waals surface area (Å²) >= 11 is 6.10. The third-order valence-corrected chi connectivity index (χ3v) is 3.77. The molecule has 2 rings (SSSR count). The second-order valence-corrected chi connectivity index (χ2v) is 5.49. The molecule has 0 fully saturated rings. The first-order valence-corrected chi connectivity index (χ1v) is 7.76. The van der Waals surface area contributed by atoms with Crippen LogP contribution >= 0.6 is 11.6 Å². The summed E-state index contributed by atoms with van der Waals surface area (Å²) in [5.74, 6) is -0.140. The van der Waals surface area contributed by atoms with E-state index in [1.807, 2.05) is 31.2 Å². The van der Waals surface area contributed by atoms with E-state index in [-0.39, 0.29) is 5.91 Å². The van der Waals surface area contributed by atoms with Gasteiger partial charge in [0.25, 0.3) is 5.91 Å². The number of nitrogens with one attached hydrogen (secondary N) is 2. The fraction of sp³-hybridized carbons (Fsp3) is 0.294. The van der Waals surface area contributed by atoms with Gasteiger partial charge in [-0.3, -0.25) is 4.79 Å². The normalized spacial score (nSPS) is 10.3. The Bertz CT molecular complexity index is 641. The molecular weight excluding hydrogens is 298 g/mol. The van der Waals surface area contributed by atoms with Crippen LogP contribution < -0.4 is 10.6 Å². The topological polar surface area (TPSA) is 54.0 Å². The van der Waals surface area contributed by atoms with Gasteiger partial charge < -0.3 is 10.6 Å². The molecule has 0 bridgehead atoms. The largest absolute Gasteiger partial charge is 0.354 e. The SMILES string of the molecule is CCCCNC(=O)c1ccc(Nc2cccc(Cl)c2C)cn1. The van der Waals surface area contributed by atoms with Gasteiger partial charge in [0, 0.05) is 17.3 Å². The molecule has 1 aromatic heterocycles. The smallest absolute Gasteiger partial charge is 0.269 e. The fourth-order valence-corrected chi connectivity index (χ4v) is 2.14. The number of nitrogens with zero attached hydrogens (tertiary/aromatic N) is 1. The number of hydrogen-bond donors (Lipinski definition) is 2. The quantitative estimate of drug-likeness (QED) is 0.780. The maximum Gasteiger partial charge on any atom is 0.269 e. The Labute approximate surface area is 135 Å². The fourth-order valence-electron chi connectivity index (χ4n) is 1.97. The Balaban J connectivity index is 2.03. The maximum absolute atomic E-state index is 11.9. The van der Waals surface area contributed by atoms with Gasteiger partial charge in [0.1, 0.15) is 5.69 Å². The van der Waals surface area contributed by atoms with Crippen LogP contribution in [0.2, 0.25) is 5.02 Å². The van der Waals surface area contributed by atoms with Crippen molar-refractivity contribution in [1.82, 2.24) is 10.3 Å². The van der Waals surface area contributed by atoms with Gasteiger partial charge in [0.15, 0.2) is 0 Å². The van der Waals surface area contributed by atoms with Gasteiger partial charge in [-0.2, -0.15) is 0 Å². The first-order valence-electron chi connectivity index (χ1n) is 7.38. The summed E-state index contributed by atoms with van der Waals surface area (Å²) in [5.41, 5.74) is 3.14. The van der Waals surface area contributed by atoms with E-state index in [9.17, 15) is 4.79 Å². The van der Waals surface area contributed by atoms with Crippen LogP contribution in [0.15, 0.2) is 36.5 Å². The van der Waals surface area contributed by atoms with Crippen molar-refractivity contribution >= 4 is 28.9 Å². The number of pyridine rings is 1. The molecular formula is C17H20ClN3O. The Morgan fingerprint density at radius 3 is 2.77 bits per heavy atom. The van der Waals surface area contributed by atoms with E-state index in [4.69, 9.17) is 11.6 Å². The third kappa shape index (κ3) is 4.21. The molecule has 0 aliphatic rings. The lowest BCUT2D eigenvalue weighted by Gasteiger charge is -2.11. The van der Waals surface area contributed by atoms with Gasteiger partial charge in [-0.15, -0.1) is 0 Å². The first-order chi connectivity index (χ1) is 10.6. The Morgan fingerprint density at radius 1 is 1.27 bits per heavy atom. The molecule has 0 spiro atoms. The zero-order valence-corrected chi connectivity index (χ0v) is 13.6. The van der Waals surface area contributed by atoms with E-state index >= 15 is 0 Å².